The Labute approximate surface area is 166 Å². The Hall–Kier alpha value is -2.82. The van der Waals surface area contributed by atoms with Gasteiger partial charge in [-0.15, -0.1) is 0 Å². The Kier molecular flexibility index (Phi) is 6.02. The predicted molar refractivity (Wildman–Crippen MR) is 113 cm³/mol. The zero-order valence-electron chi connectivity index (χ0n) is 17.1. The highest BCUT2D eigenvalue weighted by atomic mass is 16.5. The van der Waals surface area contributed by atoms with Crippen molar-refractivity contribution in [2.45, 2.75) is 52.1 Å². The van der Waals surface area contributed by atoms with Gasteiger partial charge in [-0.3, -0.25) is 4.79 Å². The Morgan fingerprint density at radius 2 is 1.86 bits per heavy atom. The number of benzene rings is 2. The van der Waals surface area contributed by atoms with Crippen LogP contribution in [0.15, 0.2) is 48.5 Å². The van der Waals surface area contributed by atoms with E-state index in [0.29, 0.717) is 6.61 Å². The number of amides is 1. The van der Waals surface area contributed by atoms with Crippen molar-refractivity contribution in [1.29, 1.82) is 0 Å². The number of carbonyl (C=O) groups is 1. The number of aromatic nitrogens is 2. The second-order valence-electron chi connectivity index (χ2n) is 8.09. The van der Waals surface area contributed by atoms with Gasteiger partial charge in [0.05, 0.1) is 23.7 Å². The van der Waals surface area contributed by atoms with Crippen LogP contribution in [-0.4, -0.2) is 22.6 Å². The van der Waals surface area contributed by atoms with Crippen molar-refractivity contribution < 1.29 is 9.53 Å². The van der Waals surface area contributed by atoms with Gasteiger partial charge in [-0.05, 0) is 48.6 Å². The van der Waals surface area contributed by atoms with Gasteiger partial charge in [0.2, 0.25) is 6.41 Å². The van der Waals surface area contributed by atoms with Crippen LogP contribution in [0.25, 0.3) is 11.0 Å². The minimum atomic E-state index is -0.143. The quantitative estimate of drug-likeness (QED) is 0.459. The third-order valence-corrected chi connectivity index (χ3v) is 4.90. The molecule has 1 N–H and O–H groups in total. The molecule has 0 aliphatic heterocycles. The van der Waals surface area contributed by atoms with Crippen LogP contribution in [-0.2, 0) is 16.8 Å². The van der Waals surface area contributed by atoms with E-state index in [1.807, 2.05) is 37.3 Å². The van der Waals surface area contributed by atoms with Crippen molar-refractivity contribution in [3.05, 3.63) is 59.9 Å². The molecule has 0 saturated carbocycles. The van der Waals surface area contributed by atoms with Crippen LogP contribution in [0.3, 0.4) is 0 Å². The molecule has 148 valence electrons. The molecule has 1 atom stereocenters. The average Bonchev–Trinajstić information content (AvgIpc) is 3.04. The molecule has 1 aromatic heterocycles. The standard InChI is InChI=1S/C23H29N3O2/c1-17(24-16-27)22-25-20-8-5-6-9-21(20)26(22)14-7-15-28-19-12-10-18(11-13-19)23(2,3)4/h5-6,8-13,16-17H,7,14-15H2,1-4H3,(H,24,27). The first kappa shape index (κ1) is 19.9. The van der Waals surface area contributed by atoms with Crippen LogP contribution in [0.2, 0.25) is 0 Å². The highest BCUT2D eigenvalue weighted by Gasteiger charge is 2.16. The fourth-order valence-corrected chi connectivity index (χ4v) is 3.30. The number of nitrogens with one attached hydrogen (secondary N) is 1. The third-order valence-electron chi connectivity index (χ3n) is 4.90. The molecule has 0 aliphatic carbocycles. The number of aryl methyl sites for hydroxylation is 1. The Bertz CT molecular complexity index is 923. The van der Waals surface area contributed by atoms with Gasteiger partial charge in [0.1, 0.15) is 11.6 Å². The van der Waals surface area contributed by atoms with E-state index in [9.17, 15) is 4.79 Å². The predicted octanol–water partition coefficient (Wildman–Crippen LogP) is 4.61. The first-order chi connectivity index (χ1) is 13.4. The van der Waals surface area contributed by atoms with Crippen molar-refractivity contribution in [2.24, 2.45) is 0 Å². The fourth-order valence-electron chi connectivity index (χ4n) is 3.30. The van der Waals surface area contributed by atoms with E-state index in [4.69, 9.17) is 9.72 Å². The van der Waals surface area contributed by atoms with Gasteiger partial charge in [0, 0.05) is 6.54 Å². The van der Waals surface area contributed by atoms with Crippen molar-refractivity contribution in [2.75, 3.05) is 6.61 Å². The van der Waals surface area contributed by atoms with Gasteiger partial charge in [0.15, 0.2) is 0 Å². The maximum Gasteiger partial charge on any atom is 0.207 e. The SMILES string of the molecule is CC(NC=O)c1nc2ccccc2n1CCCOc1ccc(C(C)(C)C)cc1. The lowest BCUT2D eigenvalue weighted by Gasteiger charge is -2.19. The second kappa shape index (κ2) is 8.46. The summed E-state index contributed by atoms with van der Waals surface area (Å²) in [6, 6.07) is 16.2. The largest absolute Gasteiger partial charge is 0.494 e. The number of ether oxygens (including phenoxy) is 1. The van der Waals surface area contributed by atoms with Crippen LogP contribution in [0.1, 0.15) is 51.5 Å². The molecule has 1 amide bonds. The monoisotopic (exact) mass is 379 g/mol. The number of nitrogens with zero attached hydrogens (tertiary/aromatic N) is 2. The number of hydrogen-bond donors (Lipinski definition) is 1. The van der Waals surface area contributed by atoms with E-state index in [0.717, 1.165) is 42.0 Å². The third kappa shape index (κ3) is 4.53. The maximum atomic E-state index is 10.9. The molecule has 0 bridgehead atoms. The van der Waals surface area contributed by atoms with Crippen molar-refractivity contribution in [1.82, 2.24) is 14.9 Å². The summed E-state index contributed by atoms with van der Waals surface area (Å²) in [5, 5.41) is 2.80. The lowest BCUT2D eigenvalue weighted by Crippen LogP contribution is -2.21. The first-order valence-electron chi connectivity index (χ1n) is 9.78. The summed E-state index contributed by atoms with van der Waals surface area (Å²) >= 11 is 0. The molecule has 0 spiro atoms. The molecule has 0 fully saturated rings. The minimum absolute atomic E-state index is 0.143. The normalized spacial score (nSPS) is 12.7. The molecule has 1 unspecified atom stereocenters. The molecule has 2 aromatic carbocycles. The summed E-state index contributed by atoms with van der Waals surface area (Å²) in [7, 11) is 0. The van der Waals surface area contributed by atoms with E-state index in [1.54, 1.807) is 0 Å². The summed E-state index contributed by atoms with van der Waals surface area (Å²) in [5.41, 5.74) is 3.46. The van der Waals surface area contributed by atoms with Crippen LogP contribution >= 0.6 is 0 Å². The summed E-state index contributed by atoms with van der Waals surface area (Å²) in [6.07, 6.45) is 1.57. The molecule has 5 nitrogen and oxygen atoms in total. The molecule has 28 heavy (non-hydrogen) atoms. The molecular formula is C23H29N3O2. The van der Waals surface area contributed by atoms with Crippen LogP contribution < -0.4 is 10.1 Å². The summed E-state index contributed by atoms with van der Waals surface area (Å²) in [6.45, 7) is 9.96. The van der Waals surface area contributed by atoms with Gasteiger partial charge < -0.3 is 14.6 Å². The Morgan fingerprint density at radius 3 is 2.54 bits per heavy atom. The fraction of sp³-hybridized carbons (Fsp3) is 0.391. The van der Waals surface area contributed by atoms with Crippen molar-refractivity contribution >= 4 is 17.4 Å². The molecule has 0 saturated heterocycles. The number of imidazole rings is 1. The van der Waals surface area contributed by atoms with Gasteiger partial charge in [-0.2, -0.15) is 0 Å². The highest BCUT2D eigenvalue weighted by molar-refractivity contribution is 5.76. The second-order valence-corrected chi connectivity index (χ2v) is 8.09. The Morgan fingerprint density at radius 1 is 1.14 bits per heavy atom. The van der Waals surface area contributed by atoms with Crippen molar-refractivity contribution in [3.8, 4) is 5.75 Å². The van der Waals surface area contributed by atoms with Gasteiger partial charge in [0.25, 0.3) is 0 Å². The number of hydrogen-bond acceptors (Lipinski definition) is 3. The van der Waals surface area contributed by atoms with Crippen LogP contribution in [0, 0.1) is 0 Å². The molecule has 5 heteroatoms. The van der Waals surface area contributed by atoms with E-state index < -0.39 is 0 Å². The smallest absolute Gasteiger partial charge is 0.207 e. The molecular weight excluding hydrogens is 350 g/mol. The first-order valence-corrected chi connectivity index (χ1v) is 9.78. The van der Waals surface area contributed by atoms with Crippen LogP contribution in [0.4, 0.5) is 0 Å². The number of fused-ring (bicyclic) bond motifs is 1. The molecule has 3 rings (SSSR count). The maximum absolute atomic E-state index is 10.9. The lowest BCUT2D eigenvalue weighted by atomic mass is 9.87. The van der Waals surface area contributed by atoms with E-state index in [2.05, 4.69) is 48.9 Å². The minimum Gasteiger partial charge on any atom is -0.494 e. The molecule has 3 aromatic rings. The van der Waals surface area contributed by atoms with Crippen LogP contribution in [0.5, 0.6) is 5.75 Å². The van der Waals surface area contributed by atoms with E-state index in [-0.39, 0.29) is 11.5 Å². The zero-order chi connectivity index (χ0) is 20.1. The average molecular weight is 380 g/mol. The number of carbonyl (C=O) groups excluding carboxylic acids is 1. The molecule has 0 aliphatic rings. The molecule has 1 heterocycles. The Balaban J connectivity index is 1.65. The summed E-state index contributed by atoms with van der Waals surface area (Å²) in [5.74, 6) is 1.75. The van der Waals surface area contributed by atoms with E-state index in [1.165, 1.54) is 5.56 Å². The topological polar surface area (TPSA) is 56.2 Å². The van der Waals surface area contributed by atoms with Gasteiger partial charge >= 0.3 is 0 Å². The summed E-state index contributed by atoms with van der Waals surface area (Å²) < 4.78 is 8.10. The van der Waals surface area contributed by atoms with Gasteiger partial charge in [-0.25, -0.2) is 4.98 Å². The van der Waals surface area contributed by atoms with E-state index >= 15 is 0 Å². The molecule has 0 radical (unpaired) electrons. The lowest BCUT2D eigenvalue weighted by molar-refractivity contribution is -0.110. The zero-order valence-corrected chi connectivity index (χ0v) is 17.1. The van der Waals surface area contributed by atoms with Gasteiger partial charge in [-0.1, -0.05) is 45.0 Å². The highest BCUT2D eigenvalue weighted by Crippen LogP contribution is 2.25. The number of para-hydroxylation sites is 2. The van der Waals surface area contributed by atoms with Crippen molar-refractivity contribution in [3.63, 3.8) is 0 Å². The summed E-state index contributed by atoms with van der Waals surface area (Å²) in [4.78, 5) is 15.6. The number of rotatable bonds is 8.